The Morgan fingerprint density at radius 2 is 1.90 bits per heavy atom. The van der Waals surface area contributed by atoms with E-state index in [9.17, 15) is 4.79 Å². The fourth-order valence-electron chi connectivity index (χ4n) is 4.67. The number of amides is 1. The first-order valence-corrected chi connectivity index (χ1v) is 11.0. The van der Waals surface area contributed by atoms with Crippen LogP contribution in [-0.4, -0.2) is 52.0 Å². The molecule has 1 unspecified atom stereocenters. The number of hydrogen-bond acceptors (Lipinski definition) is 5. The molecule has 1 saturated carbocycles. The van der Waals surface area contributed by atoms with Crippen LogP contribution in [0.2, 0.25) is 0 Å². The Morgan fingerprint density at radius 1 is 1.14 bits per heavy atom. The van der Waals surface area contributed by atoms with E-state index in [4.69, 9.17) is 4.52 Å². The van der Waals surface area contributed by atoms with E-state index in [0.717, 1.165) is 44.3 Å². The zero-order valence-corrected chi connectivity index (χ0v) is 17.6. The van der Waals surface area contributed by atoms with E-state index in [0.29, 0.717) is 30.2 Å². The average Bonchev–Trinajstić information content (AvgIpc) is 3.22. The molecule has 1 aromatic carbocycles. The van der Waals surface area contributed by atoms with E-state index < -0.39 is 0 Å². The lowest BCUT2D eigenvalue weighted by atomic mass is 9.91. The van der Waals surface area contributed by atoms with Gasteiger partial charge >= 0.3 is 0 Å². The summed E-state index contributed by atoms with van der Waals surface area (Å²) in [5.41, 5.74) is 2.17. The monoisotopic (exact) mass is 396 g/mol. The predicted molar refractivity (Wildman–Crippen MR) is 112 cm³/mol. The minimum atomic E-state index is 0.0789. The summed E-state index contributed by atoms with van der Waals surface area (Å²) in [7, 11) is 2.00. The van der Waals surface area contributed by atoms with E-state index >= 15 is 0 Å². The number of aromatic nitrogens is 2. The summed E-state index contributed by atoms with van der Waals surface area (Å²) in [6, 6.07) is 8.56. The van der Waals surface area contributed by atoms with Gasteiger partial charge in [-0.15, -0.1) is 0 Å². The van der Waals surface area contributed by atoms with Gasteiger partial charge in [0.25, 0.3) is 0 Å². The Balaban J connectivity index is 1.35. The van der Waals surface area contributed by atoms with Crippen molar-refractivity contribution in [3.63, 3.8) is 0 Å². The van der Waals surface area contributed by atoms with E-state index in [1.165, 1.54) is 24.8 Å². The zero-order valence-electron chi connectivity index (χ0n) is 17.6. The summed E-state index contributed by atoms with van der Waals surface area (Å²) in [5, 5.41) is 4.14. The van der Waals surface area contributed by atoms with Gasteiger partial charge in [-0.3, -0.25) is 9.69 Å². The first kappa shape index (κ1) is 20.1. The third kappa shape index (κ3) is 4.86. The van der Waals surface area contributed by atoms with Crippen molar-refractivity contribution in [2.24, 2.45) is 5.92 Å². The largest absolute Gasteiger partial charge is 0.342 e. The van der Waals surface area contributed by atoms with Gasteiger partial charge in [0, 0.05) is 25.2 Å². The smallest absolute Gasteiger partial charge is 0.241 e. The predicted octanol–water partition coefficient (Wildman–Crippen LogP) is 4.05. The van der Waals surface area contributed by atoms with E-state index in [1.807, 2.05) is 24.1 Å². The molecule has 2 fully saturated rings. The molecule has 1 saturated heterocycles. The molecule has 1 aliphatic heterocycles. The summed E-state index contributed by atoms with van der Waals surface area (Å²) in [6.07, 6.45) is 8.13. The van der Waals surface area contributed by atoms with Crippen molar-refractivity contribution >= 4 is 5.91 Å². The lowest BCUT2D eigenvalue weighted by Gasteiger charge is -2.37. The number of aryl methyl sites for hydroxylation is 1. The maximum atomic E-state index is 13.1. The maximum absolute atomic E-state index is 13.1. The number of hydrogen-bond donors (Lipinski definition) is 0. The van der Waals surface area contributed by atoms with Crippen LogP contribution in [0.25, 0.3) is 11.4 Å². The summed E-state index contributed by atoms with van der Waals surface area (Å²) in [5.74, 6) is 1.64. The number of carbonyl (C=O) groups excluding carboxylic acids is 1. The number of nitrogens with zero attached hydrogens (tertiary/aromatic N) is 4. The number of carbonyl (C=O) groups is 1. The van der Waals surface area contributed by atoms with Crippen LogP contribution in [0.1, 0.15) is 56.4 Å². The topological polar surface area (TPSA) is 62.5 Å². The van der Waals surface area contributed by atoms with Crippen molar-refractivity contribution < 1.29 is 9.32 Å². The highest BCUT2D eigenvalue weighted by atomic mass is 16.5. The van der Waals surface area contributed by atoms with Gasteiger partial charge in [0.1, 0.15) is 0 Å². The van der Waals surface area contributed by atoms with E-state index in [2.05, 4.69) is 34.1 Å². The fourth-order valence-corrected chi connectivity index (χ4v) is 4.67. The first-order chi connectivity index (χ1) is 14.1. The van der Waals surface area contributed by atoms with Crippen LogP contribution in [0.3, 0.4) is 0 Å². The first-order valence-electron chi connectivity index (χ1n) is 11.0. The van der Waals surface area contributed by atoms with Gasteiger partial charge in [-0.2, -0.15) is 4.98 Å². The van der Waals surface area contributed by atoms with Crippen LogP contribution >= 0.6 is 0 Å². The number of rotatable bonds is 5. The molecule has 2 aromatic rings. The number of likely N-dealkylation sites (tertiary alicyclic amines) is 1. The molecule has 1 aromatic heterocycles. The second kappa shape index (κ2) is 9.08. The van der Waals surface area contributed by atoms with Crippen molar-refractivity contribution in [1.29, 1.82) is 0 Å². The lowest BCUT2D eigenvalue weighted by Crippen LogP contribution is -2.47. The molecule has 0 spiro atoms. The van der Waals surface area contributed by atoms with Crippen molar-refractivity contribution in [1.82, 2.24) is 19.9 Å². The minimum absolute atomic E-state index is 0.0789. The molecule has 0 N–H and O–H groups in total. The molecule has 0 radical (unpaired) electrons. The SMILES string of the molecule is Cc1ccc(-c2noc(CN3CCCC(C(=O)N(C)C4CCCCC4)C3)n2)cc1. The Kier molecular flexibility index (Phi) is 6.28. The fraction of sp³-hybridized carbons (Fsp3) is 0.609. The van der Waals surface area contributed by atoms with Gasteiger partial charge < -0.3 is 9.42 Å². The second-order valence-electron chi connectivity index (χ2n) is 8.69. The molecule has 0 bridgehead atoms. The lowest BCUT2D eigenvalue weighted by molar-refractivity contribution is -0.138. The Morgan fingerprint density at radius 3 is 2.66 bits per heavy atom. The molecule has 2 heterocycles. The molecule has 2 aliphatic rings. The Labute approximate surface area is 173 Å². The van der Waals surface area contributed by atoms with E-state index in [1.54, 1.807) is 0 Å². The number of benzene rings is 1. The molecule has 1 atom stereocenters. The van der Waals surface area contributed by atoms with Gasteiger partial charge in [0.15, 0.2) is 0 Å². The average molecular weight is 397 g/mol. The Hall–Kier alpha value is -2.21. The van der Waals surface area contributed by atoms with Gasteiger partial charge in [-0.25, -0.2) is 0 Å². The Bertz CT molecular complexity index is 811. The zero-order chi connectivity index (χ0) is 20.2. The highest BCUT2D eigenvalue weighted by molar-refractivity contribution is 5.79. The van der Waals surface area contributed by atoms with Gasteiger partial charge in [-0.1, -0.05) is 54.2 Å². The molecular formula is C23H32N4O2. The molecule has 156 valence electrons. The van der Waals surface area contributed by atoms with E-state index in [-0.39, 0.29) is 5.92 Å². The van der Waals surface area contributed by atoms with Crippen LogP contribution in [0.4, 0.5) is 0 Å². The normalized spacial score (nSPS) is 21.2. The molecule has 6 heteroatoms. The van der Waals surface area contributed by atoms with Crippen molar-refractivity contribution in [2.75, 3.05) is 20.1 Å². The third-order valence-corrected chi connectivity index (χ3v) is 6.46. The molecule has 6 nitrogen and oxygen atoms in total. The standard InChI is InChI=1S/C23H32N4O2/c1-17-10-12-18(13-11-17)22-24-21(29-25-22)16-27-14-6-7-19(15-27)23(28)26(2)20-8-4-3-5-9-20/h10-13,19-20H,3-9,14-16H2,1-2H3. The highest BCUT2D eigenvalue weighted by Crippen LogP contribution is 2.26. The summed E-state index contributed by atoms with van der Waals surface area (Å²) in [6.45, 7) is 4.41. The molecule has 29 heavy (non-hydrogen) atoms. The second-order valence-corrected chi connectivity index (χ2v) is 8.69. The van der Waals surface area contributed by atoms with Gasteiger partial charge in [0.05, 0.1) is 12.5 Å². The summed E-state index contributed by atoms with van der Waals surface area (Å²) >= 11 is 0. The van der Waals surface area contributed by atoms with Crippen molar-refractivity contribution in [2.45, 2.75) is 64.5 Å². The van der Waals surface area contributed by atoms with Crippen LogP contribution < -0.4 is 0 Å². The quantitative estimate of drug-likeness (QED) is 0.763. The van der Waals surface area contributed by atoms with Crippen molar-refractivity contribution in [3.05, 3.63) is 35.7 Å². The third-order valence-electron chi connectivity index (χ3n) is 6.46. The molecule has 1 aliphatic carbocycles. The summed E-state index contributed by atoms with van der Waals surface area (Å²) in [4.78, 5) is 21.9. The maximum Gasteiger partial charge on any atom is 0.241 e. The van der Waals surface area contributed by atoms with Crippen LogP contribution in [0.5, 0.6) is 0 Å². The molecular weight excluding hydrogens is 364 g/mol. The van der Waals surface area contributed by atoms with Crippen LogP contribution in [-0.2, 0) is 11.3 Å². The number of piperidine rings is 1. The minimum Gasteiger partial charge on any atom is -0.342 e. The molecule has 4 rings (SSSR count). The summed E-state index contributed by atoms with van der Waals surface area (Å²) < 4.78 is 5.49. The molecule has 1 amide bonds. The van der Waals surface area contributed by atoms with Gasteiger partial charge in [-0.05, 0) is 39.2 Å². The van der Waals surface area contributed by atoms with Gasteiger partial charge in [0.2, 0.25) is 17.6 Å². The highest BCUT2D eigenvalue weighted by Gasteiger charge is 2.31. The van der Waals surface area contributed by atoms with Crippen LogP contribution in [0.15, 0.2) is 28.8 Å². The van der Waals surface area contributed by atoms with Crippen molar-refractivity contribution in [3.8, 4) is 11.4 Å². The van der Waals surface area contributed by atoms with Crippen LogP contribution in [0, 0.1) is 12.8 Å².